The van der Waals surface area contributed by atoms with E-state index in [0.717, 1.165) is 28.6 Å². The van der Waals surface area contributed by atoms with Crippen LogP contribution in [0.25, 0.3) is 10.9 Å². The number of hydrogen-bond acceptors (Lipinski definition) is 6. The van der Waals surface area contributed by atoms with Gasteiger partial charge in [-0.2, -0.15) is 0 Å². The largest absolute Gasteiger partial charge is 0.454 e. The number of carbonyl (C=O) groups is 4. The van der Waals surface area contributed by atoms with Gasteiger partial charge in [0, 0.05) is 11.6 Å². The molecule has 2 aliphatic rings. The normalized spacial score (nSPS) is 23.1. The van der Waals surface area contributed by atoms with Crippen LogP contribution < -0.4 is 10.6 Å². The lowest BCUT2D eigenvalue weighted by molar-refractivity contribution is -0.150. The van der Waals surface area contributed by atoms with Crippen LogP contribution in [-0.4, -0.2) is 52.4 Å². The molecular weight excluding hydrogens is 400 g/mol. The molecule has 9 nitrogen and oxygen atoms in total. The third kappa shape index (κ3) is 4.21. The minimum Gasteiger partial charge on any atom is -0.454 e. The summed E-state index contributed by atoms with van der Waals surface area (Å²) >= 11 is 0. The average Bonchev–Trinajstić information content (AvgIpc) is 2.99. The van der Waals surface area contributed by atoms with E-state index in [1.807, 2.05) is 12.1 Å². The lowest BCUT2D eigenvalue weighted by Crippen LogP contribution is -2.49. The minimum absolute atomic E-state index is 0.394. The first-order chi connectivity index (χ1) is 14.9. The summed E-state index contributed by atoms with van der Waals surface area (Å²) in [6, 6.07) is 8.30. The van der Waals surface area contributed by atoms with Gasteiger partial charge in [0.05, 0.1) is 11.2 Å². The first-order valence-electron chi connectivity index (χ1n) is 10.3. The fourth-order valence-corrected chi connectivity index (χ4v) is 4.13. The zero-order chi connectivity index (χ0) is 22.0. The molecule has 2 N–H and O–H groups in total. The van der Waals surface area contributed by atoms with Crippen molar-refractivity contribution in [1.29, 1.82) is 0 Å². The number of ether oxygens (including phenoxy) is 1. The van der Waals surface area contributed by atoms with Crippen LogP contribution in [-0.2, 0) is 19.1 Å². The number of nitrogens with zero attached hydrogens (tertiary/aromatic N) is 2. The standard InChI is InChI=1S/C22H24N4O5/c1-14-7-9-22(10-8-14)20(29)26(21(30)25-22)12-19(28)31-13-18(27)24-17-6-2-5-16-15(17)4-3-11-23-16/h2-6,11,14H,7-10,12-13H2,1H3,(H,24,27)(H,25,30). The van der Waals surface area contributed by atoms with Gasteiger partial charge in [-0.3, -0.25) is 24.3 Å². The number of amides is 4. The second-order valence-electron chi connectivity index (χ2n) is 8.17. The second-order valence-corrected chi connectivity index (χ2v) is 8.17. The molecule has 1 spiro atoms. The molecule has 9 heteroatoms. The van der Waals surface area contributed by atoms with Gasteiger partial charge in [0.2, 0.25) is 0 Å². The van der Waals surface area contributed by atoms with Crippen molar-refractivity contribution in [3.63, 3.8) is 0 Å². The Bertz CT molecular complexity index is 1040. The molecule has 1 aliphatic carbocycles. The zero-order valence-corrected chi connectivity index (χ0v) is 17.2. The van der Waals surface area contributed by atoms with Crippen LogP contribution >= 0.6 is 0 Å². The Balaban J connectivity index is 1.31. The summed E-state index contributed by atoms with van der Waals surface area (Å²) in [5, 5.41) is 6.20. The summed E-state index contributed by atoms with van der Waals surface area (Å²) in [7, 11) is 0. The first-order valence-corrected chi connectivity index (χ1v) is 10.3. The number of hydrogen-bond donors (Lipinski definition) is 2. The summed E-state index contributed by atoms with van der Waals surface area (Å²) in [4.78, 5) is 54.6. The number of aromatic nitrogens is 1. The highest BCUT2D eigenvalue weighted by Crippen LogP contribution is 2.36. The van der Waals surface area contributed by atoms with Crippen LogP contribution in [0.1, 0.15) is 32.6 Å². The van der Waals surface area contributed by atoms with Crippen LogP contribution in [0, 0.1) is 5.92 Å². The molecule has 4 amide bonds. The molecule has 1 aliphatic heterocycles. The highest BCUT2D eigenvalue weighted by atomic mass is 16.5. The van der Waals surface area contributed by atoms with Gasteiger partial charge in [-0.15, -0.1) is 0 Å². The van der Waals surface area contributed by atoms with Crippen LogP contribution in [0.5, 0.6) is 0 Å². The molecule has 2 aromatic rings. The SMILES string of the molecule is CC1CCC2(CC1)NC(=O)N(CC(=O)OCC(=O)Nc1cccc3ncccc13)C2=O. The minimum atomic E-state index is -0.913. The van der Waals surface area contributed by atoms with Crippen molar-refractivity contribution in [1.82, 2.24) is 15.2 Å². The fourth-order valence-electron chi connectivity index (χ4n) is 4.13. The third-order valence-electron chi connectivity index (χ3n) is 5.94. The van der Waals surface area contributed by atoms with E-state index in [4.69, 9.17) is 4.74 Å². The molecule has 0 bridgehead atoms. The molecule has 0 unspecified atom stereocenters. The average molecular weight is 424 g/mol. The molecule has 31 heavy (non-hydrogen) atoms. The molecule has 162 valence electrons. The van der Waals surface area contributed by atoms with Gasteiger partial charge in [-0.05, 0) is 55.9 Å². The van der Waals surface area contributed by atoms with Crippen molar-refractivity contribution in [2.24, 2.45) is 5.92 Å². The molecule has 4 rings (SSSR count). The van der Waals surface area contributed by atoms with Gasteiger partial charge in [0.15, 0.2) is 6.61 Å². The first kappa shape index (κ1) is 20.8. The lowest BCUT2D eigenvalue weighted by Gasteiger charge is -2.33. The summed E-state index contributed by atoms with van der Waals surface area (Å²) in [5.74, 6) is -1.24. The van der Waals surface area contributed by atoms with Crippen LogP contribution in [0.3, 0.4) is 0 Å². The highest BCUT2D eigenvalue weighted by molar-refractivity contribution is 6.09. The van der Waals surface area contributed by atoms with Gasteiger partial charge < -0.3 is 15.4 Å². The van der Waals surface area contributed by atoms with Crippen molar-refractivity contribution >= 4 is 40.4 Å². The highest BCUT2D eigenvalue weighted by Gasteiger charge is 2.52. The van der Waals surface area contributed by atoms with E-state index in [-0.39, 0.29) is 0 Å². The molecule has 1 saturated carbocycles. The van der Waals surface area contributed by atoms with E-state index in [1.54, 1.807) is 24.4 Å². The predicted molar refractivity (Wildman–Crippen MR) is 112 cm³/mol. The molecular formula is C22H24N4O5. The topological polar surface area (TPSA) is 118 Å². The number of nitrogens with one attached hydrogen (secondary N) is 2. The van der Waals surface area contributed by atoms with Crippen LogP contribution in [0.15, 0.2) is 36.5 Å². The molecule has 0 atom stereocenters. The number of benzene rings is 1. The summed E-state index contributed by atoms with van der Waals surface area (Å²) in [5.41, 5.74) is 0.361. The van der Waals surface area contributed by atoms with Crippen LogP contribution in [0.2, 0.25) is 0 Å². The molecule has 2 heterocycles. The monoisotopic (exact) mass is 424 g/mol. The van der Waals surface area contributed by atoms with E-state index in [2.05, 4.69) is 22.5 Å². The van der Waals surface area contributed by atoms with Crippen molar-refractivity contribution in [2.75, 3.05) is 18.5 Å². The lowest BCUT2D eigenvalue weighted by atomic mass is 9.77. The molecule has 2 fully saturated rings. The Kier molecular flexibility index (Phi) is 5.58. The van der Waals surface area contributed by atoms with Crippen molar-refractivity contribution < 1.29 is 23.9 Å². The second kappa shape index (κ2) is 8.33. The number of rotatable bonds is 5. The van der Waals surface area contributed by atoms with Crippen molar-refractivity contribution in [3.05, 3.63) is 36.5 Å². The summed E-state index contributed by atoms with van der Waals surface area (Å²) < 4.78 is 5.00. The van der Waals surface area contributed by atoms with E-state index in [1.165, 1.54) is 0 Å². The summed E-state index contributed by atoms with van der Waals surface area (Å²) in [6.45, 7) is 1.07. The van der Waals surface area contributed by atoms with Gasteiger partial charge in [0.25, 0.3) is 11.8 Å². The van der Waals surface area contributed by atoms with Crippen molar-refractivity contribution in [2.45, 2.75) is 38.1 Å². The maximum absolute atomic E-state index is 12.8. The van der Waals surface area contributed by atoms with E-state index < -0.39 is 42.5 Å². The van der Waals surface area contributed by atoms with Gasteiger partial charge in [0.1, 0.15) is 12.1 Å². The number of pyridine rings is 1. The molecule has 1 saturated heterocycles. The number of esters is 1. The van der Waals surface area contributed by atoms with Crippen LogP contribution in [0.4, 0.5) is 10.5 Å². The Labute approximate surface area is 179 Å². The number of anilines is 1. The Hall–Kier alpha value is -3.49. The number of fused-ring (bicyclic) bond motifs is 1. The third-order valence-corrected chi connectivity index (χ3v) is 5.94. The zero-order valence-electron chi connectivity index (χ0n) is 17.2. The van der Waals surface area contributed by atoms with E-state index in [0.29, 0.717) is 24.4 Å². The van der Waals surface area contributed by atoms with E-state index >= 15 is 0 Å². The Morgan fingerprint density at radius 1 is 1.23 bits per heavy atom. The Morgan fingerprint density at radius 3 is 2.77 bits per heavy atom. The number of carbonyl (C=O) groups excluding carboxylic acids is 4. The van der Waals surface area contributed by atoms with Gasteiger partial charge >= 0.3 is 12.0 Å². The maximum Gasteiger partial charge on any atom is 0.326 e. The maximum atomic E-state index is 12.8. The molecule has 0 radical (unpaired) electrons. The number of imide groups is 1. The smallest absolute Gasteiger partial charge is 0.326 e. The van der Waals surface area contributed by atoms with Gasteiger partial charge in [-0.25, -0.2) is 4.79 Å². The molecule has 1 aromatic heterocycles. The van der Waals surface area contributed by atoms with Crippen molar-refractivity contribution in [3.8, 4) is 0 Å². The number of urea groups is 1. The quantitative estimate of drug-likeness (QED) is 0.561. The van der Waals surface area contributed by atoms with E-state index in [9.17, 15) is 19.2 Å². The fraction of sp³-hybridized carbons (Fsp3) is 0.409. The van der Waals surface area contributed by atoms with Gasteiger partial charge in [-0.1, -0.05) is 13.0 Å². The molecule has 1 aromatic carbocycles. The Morgan fingerprint density at radius 2 is 2.00 bits per heavy atom. The predicted octanol–water partition coefficient (Wildman–Crippen LogP) is 2.22. The summed E-state index contributed by atoms with van der Waals surface area (Å²) in [6.07, 6.45) is 4.46.